The lowest BCUT2D eigenvalue weighted by Crippen LogP contribution is -2.20. The predicted octanol–water partition coefficient (Wildman–Crippen LogP) is 7.04. The lowest BCUT2D eigenvalue weighted by atomic mass is 9.99. The maximum atomic E-state index is 13.3. The Morgan fingerprint density at radius 1 is 0.784 bits per heavy atom. The molecule has 0 bridgehead atoms. The van der Waals surface area contributed by atoms with E-state index in [4.69, 9.17) is 32.7 Å². The van der Waals surface area contributed by atoms with Crippen LogP contribution in [0.1, 0.15) is 42.7 Å². The van der Waals surface area contributed by atoms with E-state index in [-0.39, 0.29) is 21.9 Å². The van der Waals surface area contributed by atoms with Crippen LogP contribution in [0.15, 0.2) is 97.1 Å². The van der Waals surface area contributed by atoms with Crippen LogP contribution < -0.4 is 10.1 Å². The van der Waals surface area contributed by atoms with Crippen molar-refractivity contribution in [3.63, 3.8) is 0 Å². The second-order valence-corrected chi connectivity index (χ2v) is 8.79. The van der Waals surface area contributed by atoms with E-state index in [0.717, 1.165) is 0 Å². The van der Waals surface area contributed by atoms with Crippen molar-refractivity contribution in [2.45, 2.75) is 6.10 Å². The van der Waals surface area contributed by atoms with Crippen molar-refractivity contribution in [3.8, 4) is 5.75 Å². The maximum Gasteiger partial charge on any atom is 0.339 e. The molecule has 0 spiro atoms. The quantitative estimate of drug-likeness (QED) is 0.194. The molecule has 1 unspecified atom stereocenters. The lowest BCUT2D eigenvalue weighted by Gasteiger charge is -2.18. The average molecular weight is 534 g/mol. The van der Waals surface area contributed by atoms with Gasteiger partial charge < -0.3 is 14.8 Å². The molecule has 0 aliphatic carbocycles. The molecule has 0 aromatic heterocycles. The first-order valence-electron chi connectivity index (χ1n) is 11.2. The van der Waals surface area contributed by atoms with E-state index in [1.54, 1.807) is 72.8 Å². The molecule has 6 nitrogen and oxygen atoms in total. The van der Waals surface area contributed by atoms with Crippen LogP contribution in [0.4, 0.5) is 5.69 Å². The normalized spacial score (nSPS) is 11.3. The fourth-order valence-corrected chi connectivity index (χ4v) is 4.07. The molecule has 0 saturated carbocycles. The van der Waals surface area contributed by atoms with Crippen molar-refractivity contribution in [1.29, 1.82) is 0 Å². The van der Waals surface area contributed by atoms with Gasteiger partial charge in [-0.05, 0) is 60.7 Å². The summed E-state index contributed by atoms with van der Waals surface area (Å²) in [6.07, 6.45) is -1.17. The first kappa shape index (κ1) is 25.9. The smallest absolute Gasteiger partial charge is 0.339 e. The number of carbonyl (C=O) groups excluding carboxylic acids is 3. The Morgan fingerprint density at radius 3 is 2.19 bits per heavy atom. The second kappa shape index (κ2) is 11.7. The van der Waals surface area contributed by atoms with Crippen molar-refractivity contribution in [2.75, 3.05) is 12.4 Å². The van der Waals surface area contributed by atoms with Gasteiger partial charge in [0.15, 0.2) is 6.10 Å². The van der Waals surface area contributed by atoms with E-state index >= 15 is 0 Å². The number of esters is 1. The van der Waals surface area contributed by atoms with Crippen LogP contribution in [-0.2, 0) is 4.74 Å². The summed E-state index contributed by atoms with van der Waals surface area (Å²) >= 11 is 12.0. The first-order valence-corrected chi connectivity index (χ1v) is 11.9. The van der Waals surface area contributed by atoms with Crippen molar-refractivity contribution in [1.82, 2.24) is 0 Å². The number of Topliss-reactive ketones (excluding diaryl/α,β-unsaturated/α-hetero) is 1. The van der Waals surface area contributed by atoms with Crippen LogP contribution in [0, 0.1) is 0 Å². The minimum absolute atomic E-state index is 0.156. The van der Waals surface area contributed by atoms with Crippen molar-refractivity contribution in [2.24, 2.45) is 0 Å². The number of hydrogen-bond acceptors (Lipinski definition) is 5. The SMILES string of the molecule is COc1ccc(C(=O)C(OC(=O)c2cccc(NC(=O)c3ccc(Cl)cc3Cl)c2)c2ccccc2)cc1. The summed E-state index contributed by atoms with van der Waals surface area (Å²) < 4.78 is 10.9. The Bertz CT molecular complexity index is 1440. The van der Waals surface area contributed by atoms with Crippen LogP contribution in [0.2, 0.25) is 10.0 Å². The number of halogens is 2. The monoisotopic (exact) mass is 533 g/mol. The number of methoxy groups -OCH3 is 1. The number of ketones is 1. The highest BCUT2D eigenvalue weighted by molar-refractivity contribution is 6.37. The van der Waals surface area contributed by atoms with Gasteiger partial charge in [-0.25, -0.2) is 4.79 Å². The van der Waals surface area contributed by atoms with Gasteiger partial charge in [0.05, 0.1) is 23.3 Å². The second-order valence-electron chi connectivity index (χ2n) is 7.95. The van der Waals surface area contributed by atoms with Crippen LogP contribution in [0.5, 0.6) is 5.75 Å². The largest absolute Gasteiger partial charge is 0.497 e. The highest BCUT2D eigenvalue weighted by Crippen LogP contribution is 2.26. The molecule has 4 rings (SSSR count). The Morgan fingerprint density at radius 2 is 1.51 bits per heavy atom. The van der Waals surface area contributed by atoms with Crippen molar-refractivity contribution >= 4 is 46.5 Å². The van der Waals surface area contributed by atoms with Gasteiger partial charge in [0.2, 0.25) is 5.78 Å². The minimum Gasteiger partial charge on any atom is -0.497 e. The van der Waals surface area contributed by atoms with E-state index in [2.05, 4.69) is 5.32 Å². The third kappa shape index (κ3) is 6.36. The van der Waals surface area contributed by atoms with Gasteiger partial charge in [-0.15, -0.1) is 0 Å². The fraction of sp³-hybridized carbons (Fsp3) is 0.0690. The van der Waals surface area contributed by atoms with Gasteiger partial charge in [-0.3, -0.25) is 9.59 Å². The molecule has 0 aliphatic heterocycles. The Balaban J connectivity index is 1.55. The minimum atomic E-state index is -1.17. The number of carbonyl (C=O) groups is 3. The number of benzene rings is 4. The van der Waals surface area contributed by atoms with Gasteiger partial charge in [0, 0.05) is 21.8 Å². The zero-order valence-electron chi connectivity index (χ0n) is 19.6. The molecule has 4 aromatic carbocycles. The van der Waals surface area contributed by atoms with Crippen LogP contribution in [0.25, 0.3) is 0 Å². The number of rotatable bonds is 8. The molecule has 0 heterocycles. The van der Waals surface area contributed by atoms with Crippen LogP contribution in [-0.4, -0.2) is 24.8 Å². The standard InChI is InChI=1S/C29H21Cl2NO5/c1-36-23-13-10-18(11-14-23)26(33)27(19-6-3-2-4-7-19)37-29(35)20-8-5-9-22(16-20)32-28(34)24-15-12-21(30)17-25(24)31/h2-17,27H,1H3,(H,32,34). The summed E-state index contributed by atoms with van der Waals surface area (Å²) in [4.78, 5) is 39.1. The Kier molecular flexibility index (Phi) is 8.23. The molecule has 1 atom stereocenters. The number of nitrogens with one attached hydrogen (secondary N) is 1. The van der Waals surface area contributed by atoms with Gasteiger partial charge in [-0.2, -0.15) is 0 Å². The summed E-state index contributed by atoms with van der Waals surface area (Å²) in [6.45, 7) is 0. The zero-order chi connectivity index (χ0) is 26.4. The lowest BCUT2D eigenvalue weighted by molar-refractivity contribution is 0.0280. The van der Waals surface area contributed by atoms with Gasteiger partial charge in [0.25, 0.3) is 5.91 Å². The van der Waals surface area contributed by atoms with E-state index in [1.165, 1.54) is 31.4 Å². The molecule has 0 fully saturated rings. The van der Waals surface area contributed by atoms with Crippen LogP contribution in [0.3, 0.4) is 0 Å². The molecule has 1 N–H and O–H groups in total. The summed E-state index contributed by atoms with van der Waals surface area (Å²) in [6, 6.07) is 26.0. The number of amides is 1. The van der Waals surface area contributed by atoms with Gasteiger partial charge in [-0.1, -0.05) is 59.6 Å². The van der Waals surface area contributed by atoms with E-state index in [0.29, 0.717) is 27.6 Å². The highest BCUT2D eigenvalue weighted by atomic mass is 35.5. The van der Waals surface area contributed by atoms with E-state index in [9.17, 15) is 14.4 Å². The molecule has 186 valence electrons. The highest BCUT2D eigenvalue weighted by Gasteiger charge is 2.27. The van der Waals surface area contributed by atoms with E-state index in [1.807, 2.05) is 0 Å². The summed E-state index contributed by atoms with van der Waals surface area (Å²) in [5.41, 5.74) is 1.63. The molecular weight excluding hydrogens is 513 g/mol. The molecular formula is C29H21Cl2NO5. The number of hydrogen-bond donors (Lipinski definition) is 1. The average Bonchev–Trinajstić information content (AvgIpc) is 2.91. The van der Waals surface area contributed by atoms with Crippen molar-refractivity contribution < 1.29 is 23.9 Å². The van der Waals surface area contributed by atoms with Crippen LogP contribution >= 0.6 is 23.2 Å². The Labute approximate surface area is 223 Å². The van der Waals surface area contributed by atoms with Gasteiger partial charge >= 0.3 is 5.97 Å². The summed E-state index contributed by atoms with van der Waals surface area (Å²) in [5, 5.41) is 3.31. The predicted molar refractivity (Wildman–Crippen MR) is 143 cm³/mol. The fourth-order valence-electron chi connectivity index (χ4n) is 3.58. The maximum absolute atomic E-state index is 13.3. The molecule has 0 aliphatic rings. The third-order valence-corrected chi connectivity index (χ3v) is 6.02. The molecule has 4 aromatic rings. The molecule has 0 radical (unpaired) electrons. The number of ether oxygens (including phenoxy) is 2. The Hall–Kier alpha value is -4.13. The topological polar surface area (TPSA) is 81.7 Å². The molecule has 0 saturated heterocycles. The van der Waals surface area contributed by atoms with Crippen molar-refractivity contribution in [3.05, 3.63) is 129 Å². The molecule has 37 heavy (non-hydrogen) atoms. The first-order chi connectivity index (χ1) is 17.9. The van der Waals surface area contributed by atoms with Gasteiger partial charge in [0.1, 0.15) is 5.75 Å². The zero-order valence-corrected chi connectivity index (χ0v) is 21.1. The van der Waals surface area contributed by atoms with E-state index < -0.39 is 18.0 Å². The summed E-state index contributed by atoms with van der Waals surface area (Å²) in [5.74, 6) is -0.979. The third-order valence-electron chi connectivity index (χ3n) is 5.47. The summed E-state index contributed by atoms with van der Waals surface area (Å²) in [7, 11) is 1.53. The molecule has 1 amide bonds. The number of anilines is 1. The molecule has 8 heteroatoms.